The highest BCUT2D eigenvalue weighted by atomic mass is 16.3. The Hall–Kier alpha value is -5.92. The molecule has 0 bridgehead atoms. The Kier molecular flexibility index (Phi) is 3.39. The van der Waals surface area contributed by atoms with E-state index >= 15 is 0 Å². The molecule has 45 heavy (non-hydrogen) atoms. The Labute approximate surface area is 282 Å². The maximum absolute atomic E-state index is 9.89. The Balaban J connectivity index is 1.47. The van der Waals surface area contributed by atoms with E-state index in [2.05, 4.69) is 0 Å². The molecule has 0 saturated carbocycles. The fourth-order valence-corrected chi connectivity index (χ4v) is 6.05. The lowest BCUT2D eigenvalue weighted by Crippen LogP contribution is -1.91. The molecular weight excluding hydrogens is 544 g/mol. The van der Waals surface area contributed by atoms with Gasteiger partial charge in [-0.15, -0.1) is 0 Å². The second kappa shape index (κ2) is 10.4. The fourth-order valence-electron chi connectivity index (χ4n) is 6.05. The van der Waals surface area contributed by atoms with Crippen molar-refractivity contribution in [3.63, 3.8) is 0 Å². The fraction of sp³-hybridized carbons (Fsp3) is 0. The number of hydrogen-bond donors (Lipinski definition) is 0. The molecule has 0 radical (unpaired) electrons. The van der Waals surface area contributed by atoms with Gasteiger partial charge in [0.05, 0.1) is 20.6 Å². The van der Waals surface area contributed by atoms with Crippen LogP contribution in [-0.2, 0) is 0 Å². The van der Waals surface area contributed by atoms with Crippen LogP contribution in [0, 0.1) is 0 Å². The molecule has 0 N–H and O–H groups in total. The molecule has 0 spiro atoms. The summed E-state index contributed by atoms with van der Waals surface area (Å²) in [4.78, 5) is 0. The average molecular weight is 588 g/mol. The van der Waals surface area contributed by atoms with Crippen LogP contribution in [0.25, 0.3) is 88.0 Å². The summed E-state index contributed by atoms with van der Waals surface area (Å²) in [5.41, 5.74) is -0.516. The minimum atomic E-state index is -0.740. The number of furan rings is 1. The van der Waals surface area contributed by atoms with Crippen LogP contribution in [-0.4, -0.2) is 0 Å². The molecule has 210 valence electrons. The van der Waals surface area contributed by atoms with Crippen LogP contribution in [0.1, 0.15) is 20.6 Å². The zero-order chi connectivity index (χ0) is 42.8. The topological polar surface area (TPSA) is 13.1 Å². The highest BCUT2D eigenvalue weighted by Crippen LogP contribution is 2.45. The maximum Gasteiger partial charge on any atom is 0.136 e. The zero-order valence-corrected chi connectivity index (χ0v) is 23.4. The lowest BCUT2D eigenvalue weighted by atomic mass is 9.85. The molecule has 0 saturated heterocycles. The molecule has 0 aliphatic carbocycles. The van der Waals surface area contributed by atoms with Gasteiger partial charge in [0.15, 0.2) is 0 Å². The largest absolute Gasteiger partial charge is 0.456 e. The van der Waals surface area contributed by atoms with Crippen LogP contribution in [0.3, 0.4) is 0 Å². The predicted octanol–water partition coefficient (Wildman–Crippen LogP) is 12.6. The third-order valence-electron chi connectivity index (χ3n) is 7.94. The van der Waals surface area contributed by atoms with Crippen LogP contribution >= 0.6 is 0 Å². The van der Waals surface area contributed by atoms with Crippen molar-refractivity contribution in [1.29, 1.82) is 0 Å². The second-order valence-corrected chi connectivity index (χ2v) is 10.5. The molecule has 0 aliphatic rings. The Morgan fingerprint density at radius 3 is 1.69 bits per heavy atom. The van der Waals surface area contributed by atoms with Gasteiger partial charge in [-0.1, -0.05) is 145 Å². The van der Waals surface area contributed by atoms with Crippen molar-refractivity contribution < 1.29 is 25.0 Å². The van der Waals surface area contributed by atoms with E-state index in [1.54, 1.807) is 0 Å². The molecule has 0 unspecified atom stereocenters. The van der Waals surface area contributed by atoms with Crippen LogP contribution < -0.4 is 0 Å². The van der Waals surface area contributed by atoms with Crippen molar-refractivity contribution in [2.24, 2.45) is 0 Å². The van der Waals surface area contributed by atoms with Gasteiger partial charge in [-0.3, -0.25) is 0 Å². The van der Waals surface area contributed by atoms with E-state index in [-0.39, 0.29) is 27.5 Å². The molecule has 0 fully saturated rings. The molecule has 0 aliphatic heterocycles. The van der Waals surface area contributed by atoms with Gasteiger partial charge in [-0.05, 0) is 90.2 Å². The van der Waals surface area contributed by atoms with E-state index < -0.39 is 113 Å². The van der Waals surface area contributed by atoms with Crippen molar-refractivity contribution >= 4 is 43.5 Å². The molecule has 0 atom stereocenters. The van der Waals surface area contributed by atoms with Crippen LogP contribution in [0.15, 0.2) is 174 Å². The summed E-state index contributed by atoms with van der Waals surface area (Å²) in [5, 5.41) is 2.22. The van der Waals surface area contributed by atoms with Gasteiger partial charge in [0.25, 0.3) is 0 Å². The van der Waals surface area contributed by atoms with Gasteiger partial charge in [-0.25, -0.2) is 0 Å². The smallest absolute Gasteiger partial charge is 0.136 e. The summed E-state index contributed by atoms with van der Waals surface area (Å²) in [6, 6.07) is 14.7. The maximum atomic E-state index is 9.89. The van der Waals surface area contributed by atoms with Crippen molar-refractivity contribution in [2.45, 2.75) is 0 Å². The van der Waals surface area contributed by atoms with Crippen LogP contribution in [0.2, 0.25) is 0 Å². The van der Waals surface area contributed by atoms with E-state index in [4.69, 9.17) is 18.1 Å². The lowest BCUT2D eigenvalue weighted by molar-refractivity contribution is 0.669. The van der Waals surface area contributed by atoms with E-state index in [0.717, 1.165) is 21.9 Å². The number of benzene rings is 8. The first-order valence-electron chi connectivity index (χ1n) is 21.7. The molecule has 9 aromatic rings. The summed E-state index contributed by atoms with van der Waals surface area (Å²) in [6.45, 7) is 0. The molecule has 8 aromatic carbocycles. The summed E-state index contributed by atoms with van der Waals surface area (Å²) in [6.07, 6.45) is 0. The highest BCUT2D eigenvalue weighted by molar-refractivity contribution is 6.21. The molecule has 1 heterocycles. The number of hydrogen-bond acceptors (Lipinski definition) is 1. The van der Waals surface area contributed by atoms with Crippen molar-refractivity contribution in [3.05, 3.63) is 169 Å². The van der Waals surface area contributed by atoms with Gasteiger partial charge >= 0.3 is 0 Å². The molecule has 0 amide bonds. The van der Waals surface area contributed by atoms with E-state index in [0.29, 0.717) is 16.3 Å². The third-order valence-corrected chi connectivity index (χ3v) is 7.94. The van der Waals surface area contributed by atoms with E-state index in [9.17, 15) is 6.85 Å². The molecule has 1 heteroatoms. The second-order valence-electron chi connectivity index (χ2n) is 10.5. The van der Waals surface area contributed by atoms with Gasteiger partial charge < -0.3 is 4.42 Å². The first-order chi connectivity index (χ1) is 28.6. The van der Waals surface area contributed by atoms with Crippen LogP contribution in [0.4, 0.5) is 0 Å². The van der Waals surface area contributed by atoms with Gasteiger partial charge in [0.2, 0.25) is 0 Å². The van der Waals surface area contributed by atoms with Gasteiger partial charge in [0, 0.05) is 10.8 Å². The monoisotopic (exact) mass is 587 g/mol. The summed E-state index contributed by atoms with van der Waals surface area (Å²) >= 11 is 0. The average Bonchev–Trinajstić information content (AvgIpc) is 3.66. The molecule has 1 aromatic heterocycles. The first kappa shape index (κ1) is 14.7. The minimum Gasteiger partial charge on any atom is -0.456 e. The minimum absolute atomic E-state index is 0.0552. The van der Waals surface area contributed by atoms with E-state index in [1.165, 1.54) is 0 Å². The molecular formula is C44H28O. The predicted molar refractivity (Wildman–Crippen MR) is 190 cm³/mol. The van der Waals surface area contributed by atoms with Crippen molar-refractivity contribution in [1.82, 2.24) is 0 Å². The van der Waals surface area contributed by atoms with Gasteiger partial charge in [-0.2, -0.15) is 0 Å². The summed E-state index contributed by atoms with van der Waals surface area (Å²) in [5.74, 6) is 0. The summed E-state index contributed by atoms with van der Waals surface area (Å²) in [7, 11) is 0. The van der Waals surface area contributed by atoms with Crippen molar-refractivity contribution in [2.75, 3.05) is 0 Å². The number of fused-ring (bicyclic) bond motifs is 5. The Morgan fingerprint density at radius 2 is 0.978 bits per heavy atom. The van der Waals surface area contributed by atoms with Gasteiger partial charge in [0.1, 0.15) is 11.2 Å². The Bertz CT molecular complexity index is 3290. The third kappa shape index (κ3) is 4.17. The number of rotatable bonds is 4. The first-order valence-corrected chi connectivity index (χ1v) is 14.2. The standard InChI is InChI=1S/C44H28O/c1-3-13-29(14-4-1)31-25-26-40-39(28-31)44-34(23-12-24-41(44)45-40)32-17-11-18-33(27-32)43-37-21-9-7-19-35(37)42(30-15-5-2-6-16-30)36-20-8-10-22-38(36)43/h1-28H/i1D,3D,4D,11D,12D,13D,14D,17D,18D,23D,24D,25D,26D,27D,28D. The summed E-state index contributed by atoms with van der Waals surface area (Å²) < 4.78 is 140. The van der Waals surface area contributed by atoms with E-state index in [1.807, 2.05) is 78.9 Å². The lowest BCUT2D eigenvalue weighted by Gasteiger charge is -2.18. The van der Waals surface area contributed by atoms with Crippen molar-refractivity contribution in [3.8, 4) is 44.5 Å². The quantitative estimate of drug-likeness (QED) is 0.187. The Morgan fingerprint density at radius 1 is 0.378 bits per heavy atom. The normalized spacial score (nSPS) is 16.2. The molecule has 9 rings (SSSR count). The molecule has 1 nitrogen and oxygen atoms in total. The van der Waals surface area contributed by atoms with Crippen LogP contribution in [0.5, 0.6) is 0 Å². The SMILES string of the molecule is [2H]c1c([2H])c([2H])c(-c2c([2H])c([2H])c3oc4c([2H])c([2H])c([2H])c(-c5c([2H])c([2H])c([2H])c(-c6c7ccccc7c(-c7ccccc7)c7ccccc67)c5[2H])c4c3c2[2H])c([2H])c1[2H]. The zero-order valence-electron chi connectivity index (χ0n) is 38.4. The highest BCUT2D eigenvalue weighted by Gasteiger charge is 2.18.